The van der Waals surface area contributed by atoms with E-state index in [1.54, 1.807) is 6.26 Å². The first-order valence-electron chi connectivity index (χ1n) is 13.6. The summed E-state index contributed by atoms with van der Waals surface area (Å²) in [6.07, 6.45) is 2.77. The predicted octanol–water partition coefficient (Wildman–Crippen LogP) is 4.50. The highest BCUT2D eigenvalue weighted by molar-refractivity contribution is 7.09. The molecule has 0 radical (unpaired) electrons. The van der Waals surface area contributed by atoms with Crippen molar-refractivity contribution in [2.45, 2.75) is 32.9 Å². The van der Waals surface area contributed by atoms with E-state index in [1.807, 2.05) is 29.2 Å². The van der Waals surface area contributed by atoms with Crippen molar-refractivity contribution in [1.29, 1.82) is 0 Å². The number of nitrogens with zero attached hydrogens (tertiary/aromatic N) is 5. The standard InChI is InChI=1S/C30H33N5O4S/c1-22-4-6-23(7-5-22)18-28-31-30(40-32-28)35(20-25-3-2-16-37-25)11-10-29(36)34-14-12-33(13-15-34)19-24-8-9-26-27(17-24)39-21-38-26/h2-9,16-17H,10-15,18-21H2,1H3. The summed E-state index contributed by atoms with van der Waals surface area (Å²) in [5, 5.41) is 0.805. The molecule has 208 valence electrons. The molecule has 2 aliphatic heterocycles. The molecule has 2 aromatic carbocycles. The molecule has 0 aliphatic carbocycles. The number of fused-ring (bicyclic) bond motifs is 1. The minimum atomic E-state index is 0.163. The van der Waals surface area contributed by atoms with Crippen LogP contribution in [-0.4, -0.2) is 64.6 Å². The van der Waals surface area contributed by atoms with Crippen LogP contribution in [0.3, 0.4) is 0 Å². The molecule has 0 N–H and O–H groups in total. The van der Waals surface area contributed by atoms with Gasteiger partial charge in [0.25, 0.3) is 0 Å². The maximum atomic E-state index is 13.2. The fourth-order valence-corrected chi connectivity index (χ4v) is 5.72. The van der Waals surface area contributed by atoms with Crippen LogP contribution < -0.4 is 14.4 Å². The second-order valence-corrected chi connectivity index (χ2v) is 11.0. The first-order valence-corrected chi connectivity index (χ1v) is 14.4. The molecular formula is C30H33N5O4S. The van der Waals surface area contributed by atoms with Crippen molar-refractivity contribution in [3.05, 3.63) is 89.1 Å². The Morgan fingerprint density at radius 1 is 1.00 bits per heavy atom. The second kappa shape index (κ2) is 12.1. The highest BCUT2D eigenvalue weighted by Gasteiger charge is 2.23. The molecule has 1 fully saturated rings. The number of rotatable bonds is 10. The number of aryl methyl sites for hydroxylation is 1. The average Bonchev–Trinajstić information content (AvgIpc) is 3.75. The van der Waals surface area contributed by atoms with Crippen LogP contribution in [0, 0.1) is 6.92 Å². The van der Waals surface area contributed by atoms with E-state index in [-0.39, 0.29) is 12.7 Å². The zero-order valence-corrected chi connectivity index (χ0v) is 23.4. The number of hydrogen-bond donors (Lipinski definition) is 0. The number of ether oxygens (including phenoxy) is 2. The first-order chi connectivity index (χ1) is 19.6. The lowest BCUT2D eigenvalue weighted by Crippen LogP contribution is -2.48. The predicted molar refractivity (Wildman–Crippen MR) is 153 cm³/mol. The van der Waals surface area contributed by atoms with Gasteiger partial charge in [-0.25, -0.2) is 4.98 Å². The molecule has 2 aromatic heterocycles. The van der Waals surface area contributed by atoms with Crippen LogP contribution in [0.2, 0.25) is 0 Å². The maximum Gasteiger partial charge on any atom is 0.231 e. The Morgan fingerprint density at radius 3 is 2.60 bits per heavy atom. The lowest BCUT2D eigenvalue weighted by atomic mass is 10.1. The van der Waals surface area contributed by atoms with Crippen LogP contribution >= 0.6 is 11.5 Å². The summed E-state index contributed by atoms with van der Waals surface area (Å²) in [5.74, 6) is 3.40. The van der Waals surface area contributed by atoms with Gasteiger partial charge in [0.15, 0.2) is 11.5 Å². The van der Waals surface area contributed by atoms with Crippen LogP contribution in [-0.2, 0) is 24.3 Å². The van der Waals surface area contributed by atoms with Gasteiger partial charge in [0.1, 0.15) is 11.6 Å². The highest BCUT2D eigenvalue weighted by atomic mass is 32.1. The van der Waals surface area contributed by atoms with Gasteiger partial charge in [0.2, 0.25) is 17.8 Å². The SMILES string of the molecule is Cc1ccc(Cc2nsc(N(CCC(=O)N3CCN(Cc4ccc5c(c4)OCO5)CC3)Cc3ccco3)n2)cc1. The fraction of sp³-hybridized carbons (Fsp3) is 0.367. The van der Waals surface area contributed by atoms with Crippen molar-refractivity contribution < 1.29 is 18.7 Å². The smallest absolute Gasteiger partial charge is 0.231 e. The molecule has 40 heavy (non-hydrogen) atoms. The first kappa shape index (κ1) is 26.3. The Bertz CT molecular complexity index is 1410. The molecule has 4 heterocycles. The molecule has 6 rings (SSSR count). The Labute approximate surface area is 238 Å². The Hall–Kier alpha value is -3.89. The number of hydrogen-bond acceptors (Lipinski definition) is 9. The third-order valence-corrected chi connectivity index (χ3v) is 8.12. The van der Waals surface area contributed by atoms with Crippen LogP contribution in [0.1, 0.15) is 34.7 Å². The lowest BCUT2D eigenvalue weighted by molar-refractivity contribution is -0.132. The van der Waals surface area contributed by atoms with Gasteiger partial charge >= 0.3 is 0 Å². The number of carbonyl (C=O) groups excluding carboxylic acids is 1. The van der Waals surface area contributed by atoms with E-state index in [0.29, 0.717) is 25.9 Å². The molecule has 0 atom stereocenters. The van der Waals surface area contributed by atoms with Gasteiger partial charge in [0, 0.05) is 63.6 Å². The Balaban J connectivity index is 1.03. The molecule has 2 aliphatic rings. The molecule has 0 saturated carbocycles. The van der Waals surface area contributed by atoms with Crippen LogP contribution in [0.5, 0.6) is 11.5 Å². The number of furan rings is 1. The van der Waals surface area contributed by atoms with E-state index in [9.17, 15) is 4.79 Å². The summed E-state index contributed by atoms with van der Waals surface area (Å²) in [6.45, 7) is 7.42. The van der Waals surface area contributed by atoms with Gasteiger partial charge in [-0.1, -0.05) is 35.9 Å². The third-order valence-electron chi connectivity index (χ3n) is 7.30. The van der Waals surface area contributed by atoms with Gasteiger partial charge in [-0.3, -0.25) is 9.69 Å². The Morgan fingerprint density at radius 2 is 1.80 bits per heavy atom. The minimum Gasteiger partial charge on any atom is -0.467 e. The van der Waals surface area contributed by atoms with Crippen molar-refractivity contribution in [2.24, 2.45) is 0 Å². The Kier molecular flexibility index (Phi) is 7.97. The van der Waals surface area contributed by atoms with Crippen LogP contribution in [0.15, 0.2) is 65.3 Å². The van der Waals surface area contributed by atoms with Crippen LogP contribution in [0.4, 0.5) is 5.13 Å². The number of amides is 1. The topological polar surface area (TPSA) is 84.2 Å². The third kappa shape index (κ3) is 6.46. The summed E-state index contributed by atoms with van der Waals surface area (Å²) >= 11 is 1.37. The fourth-order valence-electron chi connectivity index (χ4n) is 5.01. The minimum absolute atomic E-state index is 0.163. The molecule has 0 unspecified atom stereocenters. The number of benzene rings is 2. The van der Waals surface area contributed by atoms with Crippen molar-refractivity contribution in [1.82, 2.24) is 19.2 Å². The summed E-state index contributed by atoms with van der Waals surface area (Å²) in [4.78, 5) is 24.5. The molecule has 1 amide bonds. The normalized spacial score (nSPS) is 15.0. The van der Waals surface area contributed by atoms with Gasteiger partial charge in [0.05, 0.1) is 12.8 Å². The monoisotopic (exact) mass is 559 g/mol. The number of aromatic nitrogens is 2. The van der Waals surface area contributed by atoms with Gasteiger partial charge < -0.3 is 23.7 Å². The quantitative estimate of drug-likeness (QED) is 0.281. The highest BCUT2D eigenvalue weighted by Crippen LogP contribution is 2.33. The van der Waals surface area contributed by atoms with E-state index in [0.717, 1.165) is 60.9 Å². The molecular weight excluding hydrogens is 526 g/mol. The van der Waals surface area contributed by atoms with Crippen molar-refractivity contribution >= 4 is 22.6 Å². The molecule has 0 bridgehead atoms. The van der Waals surface area contributed by atoms with E-state index >= 15 is 0 Å². The second-order valence-electron chi connectivity index (χ2n) is 10.3. The molecule has 1 saturated heterocycles. The number of piperazine rings is 1. The van der Waals surface area contributed by atoms with E-state index < -0.39 is 0 Å². The molecule has 0 spiro atoms. The zero-order chi connectivity index (χ0) is 27.3. The lowest BCUT2D eigenvalue weighted by Gasteiger charge is -2.35. The van der Waals surface area contributed by atoms with E-state index in [1.165, 1.54) is 28.2 Å². The van der Waals surface area contributed by atoms with E-state index in [4.69, 9.17) is 18.9 Å². The molecule has 4 aromatic rings. The van der Waals surface area contributed by atoms with Gasteiger partial charge in [-0.15, -0.1) is 0 Å². The average molecular weight is 560 g/mol. The maximum absolute atomic E-state index is 13.2. The molecule has 10 heteroatoms. The summed E-state index contributed by atoms with van der Waals surface area (Å²) < 4.78 is 21.1. The molecule has 9 nitrogen and oxygen atoms in total. The van der Waals surface area contributed by atoms with Crippen molar-refractivity contribution in [3.63, 3.8) is 0 Å². The summed E-state index contributed by atoms with van der Waals surface area (Å²) in [5.41, 5.74) is 3.60. The number of anilines is 1. The van der Waals surface area contributed by atoms with Gasteiger partial charge in [-0.05, 0) is 42.3 Å². The largest absolute Gasteiger partial charge is 0.467 e. The number of carbonyl (C=O) groups is 1. The summed E-state index contributed by atoms with van der Waals surface area (Å²) in [7, 11) is 0. The van der Waals surface area contributed by atoms with Crippen molar-refractivity contribution in [2.75, 3.05) is 44.4 Å². The van der Waals surface area contributed by atoms with Crippen LogP contribution in [0.25, 0.3) is 0 Å². The van der Waals surface area contributed by atoms with Crippen molar-refractivity contribution in [3.8, 4) is 11.5 Å². The summed E-state index contributed by atoms with van der Waals surface area (Å²) in [6, 6.07) is 18.4. The van der Waals surface area contributed by atoms with E-state index in [2.05, 4.69) is 51.4 Å². The zero-order valence-electron chi connectivity index (χ0n) is 22.6. The van der Waals surface area contributed by atoms with Gasteiger partial charge in [-0.2, -0.15) is 4.37 Å².